The lowest BCUT2D eigenvalue weighted by Gasteiger charge is -2.14. The van der Waals surface area contributed by atoms with Crippen LogP contribution in [0.15, 0.2) is 5.51 Å². The van der Waals surface area contributed by atoms with Crippen molar-refractivity contribution in [1.29, 1.82) is 0 Å². The lowest BCUT2D eigenvalue weighted by atomic mass is 10.3. The molecule has 0 bridgehead atoms. The molecule has 1 aromatic heterocycles. The molecule has 18 heavy (non-hydrogen) atoms. The number of nitrogens with zero attached hydrogens (tertiary/aromatic N) is 1. The van der Waals surface area contributed by atoms with Crippen molar-refractivity contribution in [3.8, 4) is 0 Å². The maximum absolute atomic E-state index is 12.5. The summed E-state index contributed by atoms with van der Waals surface area (Å²) in [5.41, 5.74) is -0.210. The third-order valence-electron chi connectivity index (χ3n) is 2.00. The predicted octanol–water partition coefficient (Wildman–Crippen LogP) is 1.51. The smallest absolute Gasteiger partial charge is 0.354 e. The van der Waals surface area contributed by atoms with Gasteiger partial charge in [0, 0.05) is 14.2 Å². The van der Waals surface area contributed by atoms with Crippen molar-refractivity contribution in [2.24, 2.45) is 0 Å². The van der Waals surface area contributed by atoms with Crippen molar-refractivity contribution in [2.75, 3.05) is 20.8 Å². The van der Waals surface area contributed by atoms with E-state index in [4.69, 9.17) is 9.47 Å². The molecule has 0 saturated heterocycles. The summed E-state index contributed by atoms with van der Waals surface area (Å²) in [6.07, 6.45) is -5.36. The second kappa shape index (κ2) is 6.12. The number of thiazole rings is 1. The van der Waals surface area contributed by atoms with Crippen LogP contribution in [0.4, 0.5) is 13.2 Å². The number of amides is 1. The second-order valence-electron chi connectivity index (χ2n) is 3.14. The molecule has 0 unspecified atom stereocenters. The van der Waals surface area contributed by atoms with Crippen LogP contribution in [0.1, 0.15) is 15.4 Å². The van der Waals surface area contributed by atoms with E-state index in [-0.39, 0.29) is 6.54 Å². The fraction of sp³-hybridized carbons (Fsp3) is 0.556. The first kappa shape index (κ1) is 14.9. The molecule has 1 N–H and O–H groups in total. The summed E-state index contributed by atoms with van der Waals surface area (Å²) in [6.45, 7) is -0.0545. The summed E-state index contributed by atoms with van der Waals surface area (Å²) in [5, 5.41) is 2.28. The Morgan fingerprint density at radius 2 is 2.11 bits per heavy atom. The van der Waals surface area contributed by atoms with Gasteiger partial charge in [-0.25, -0.2) is 4.98 Å². The van der Waals surface area contributed by atoms with Crippen molar-refractivity contribution in [3.05, 3.63) is 16.1 Å². The highest BCUT2D eigenvalue weighted by Gasteiger charge is 2.38. The molecular weight excluding hydrogens is 273 g/mol. The van der Waals surface area contributed by atoms with Gasteiger partial charge in [0.05, 0.1) is 12.1 Å². The van der Waals surface area contributed by atoms with Crippen LogP contribution in [-0.2, 0) is 15.7 Å². The minimum absolute atomic E-state index is 0.0545. The third-order valence-corrected chi connectivity index (χ3v) is 2.82. The minimum atomic E-state index is -4.64. The van der Waals surface area contributed by atoms with Crippen molar-refractivity contribution < 1.29 is 27.4 Å². The SMILES string of the molecule is COC(CNC(=O)c1scnc1C(F)(F)F)OC. The number of alkyl halides is 3. The molecule has 0 fully saturated rings. The highest BCUT2D eigenvalue weighted by atomic mass is 32.1. The van der Waals surface area contributed by atoms with Crippen molar-refractivity contribution >= 4 is 17.2 Å². The van der Waals surface area contributed by atoms with Gasteiger partial charge in [0.25, 0.3) is 5.91 Å². The van der Waals surface area contributed by atoms with Crippen molar-refractivity contribution in [1.82, 2.24) is 10.3 Å². The Labute approximate surface area is 105 Å². The summed E-state index contributed by atoms with van der Waals surface area (Å²) >= 11 is 0.627. The highest BCUT2D eigenvalue weighted by Crippen LogP contribution is 2.32. The molecule has 1 rings (SSSR count). The Morgan fingerprint density at radius 1 is 1.50 bits per heavy atom. The number of hydrogen-bond acceptors (Lipinski definition) is 5. The maximum atomic E-state index is 12.5. The van der Waals surface area contributed by atoms with E-state index in [2.05, 4.69) is 10.3 Å². The van der Waals surface area contributed by atoms with Crippen LogP contribution in [0.5, 0.6) is 0 Å². The molecule has 1 aromatic rings. The van der Waals surface area contributed by atoms with Crippen LogP contribution in [0.2, 0.25) is 0 Å². The third kappa shape index (κ3) is 3.65. The molecule has 5 nitrogen and oxygen atoms in total. The zero-order valence-electron chi connectivity index (χ0n) is 9.58. The molecule has 0 aliphatic heterocycles. The topological polar surface area (TPSA) is 60.5 Å². The van der Waals surface area contributed by atoms with Crippen LogP contribution in [-0.4, -0.2) is 37.9 Å². The van der Waals surface area contributed by atoms with Crippen LogP contribution in [0.25, 0.3) is 0 Å². The number of hydrogen-bond donors (Lipinski definition) is 1. The number of ether oxygens (including phenoxy) is 2. The Balaban J connectivity index is 2.71. The van der Waals surface area contributed by atoms with E-state index in [1.54, 1.807) is 0 Å². The molecule has 0 aliphatic carbocycles. The van der Waals surface area contributed by atoms with E-state index >= 15 is 0 Å². The van der Waals surface area contributed by atoms with Gasteiger partial charge in [-0.2, -0.15) is 13.2 Å². The molecule has 0 radical (unpaired) electrons. The number of halogens is 3. The second-order valence-corrected chi connectivity index (χ2v) is 3.99. The number of carbonyl (C=O) groups excluding carboxylic acids is 1. The Morgan fingerprint density at radius 3 is 2.61 bits per heavy atom. The quantitative estimate of drug-likeness (QED) is 0.833. The maximum Gasteiger partial charge on any atom is 0.434 e. The summed E-state index contributed by atoms with van der Waals surface area (Å²) in [7, 11) is 2.71. The van der Waals surface area contributed by atoms with Gasteiger partial charge in [0.2, 0.25) is 0 Å². The Bertz CT molecular complexity index is 404. The van der Waals surface area contributed by atoms with Gasteiger partial charge in [0.1, 0.15) is 4.88 Å². The highest BCUT2D eigenvalue weighted by molar-refractivity contribution is 7.11. The van der Waals surface area contributed by atoms with Crippen LogP contribution >= 0.6 is 11.3 Å². The standard InChI is InChI=1S/C9H11F3N2O3S/c1-16-5(17-2)3-13-8(15)6-7(9(10,11)12)14-4-18-6/h4-5H,3H2,1-2H3,(H,13,15). The zero-order valence-corrected chi connectivity index (χ0v) is 10.4. The Kier molecular flexibility index (Phi) is 5.05. The fourth-order valence-corrected chi connectivity index (χ4v) is 1.85. The van der Waals surface area contributed by atoms with E-state index in [9.17, 15) is 18.0 Å². The average Bonchev–Trinajstić information content (AvgIpc) is 2.78. The molecule has 0 aromatic carbocycles. The summed E-state index contributed by atoms with van der Waals surface area (Å²) in [5.74, 6) is -0.857. The van der Waals surface area contributed by atoms with Crippen LogP contribution in [0, 0.1) is 0 Å². The van der Waals surface area contributed by atoms with Gasteiger partial charge >= 0.3 is 6.18 Å². The average molecular weight is 284 g/mol. The Hall–Kier alpha value is -1.19. The van der Waals surface area contributed by atoms with Gasteiger partial charge in [-0.3, -0.25) is 4.79 Å². The van der Waals surface area contributed by atoms with E-state index < -0.39 is 28.9 Å². The number of nitrogens with one attached hydrogen (secondary N) is 1. The lowest BCUT2D eigenvalue weighted by Crippen LogP contribution is -2.34. The van der Waals surface area contributed by atoms with E-state index in [0.29, 0.717) is 11.3 Å². The van der Waals surface area contributed by atoms with Gasteiger partial charge in [-0.05, 0) is 0 Å². The molecule has 1 amide bonds. The molecule has 0 saturated carbocycles. The summed E-state index contributed by atoms with van der Waals surface area (Å²) in [4.78, 5) is 14.2. The lowest BCUT2D eigenvalue weighted by molar-refractivity contribution is -0.141. The molecule has 0 atom stereocenters. The normalized spacial score (nSPS) is 11.9. The van der Waals surface area contributed by atoms with Crippen molar-refractivity contribution in [3.63, 3.8) is 0 Å². The molecule has 0 spiro atoms. The van der Waals surface area contributed by atoms with Gasteiger partial charge in [0.15, 0.2) is 12.0 Å². The first-order valence-corrected chi connectivity index (χ1v) is 5.62. The van der Waals surface area contributed by atoms with Gasteiger partial charge in [-0.1, -0.05) is 0 Å². The van der Waals surface area contributed by atoms with Crippen LogP contribution in [0.3, 0.4) is 0 Å². The van der Waals surface area contributed by atoms with Gasteiger partial charge in [-0.15, -0.1) is 11.3 Å². The van der Waals surface area contributed by atoms with Crippen molar-refractivity contribution in [2.45, 2.75) is 12.5 Å². The largest absolute Gasteiger partial charge is 0.434 e. The number of rotatable bonds is 5. The first-order valence-electron chi connectivity index (χ1n) is 4.74. The minimum Gasteiger partial charge on any atom is -0.354 e. The summed E-state index contributed by atoms with van der Waals surface area (Å²) < 4.78 is 47.1. The van der Waals surface area contributed by atoms with E-state index in [0.717, 1.165) is 5.51 Å². The molecule has 102 valence electrons. The molecule has 9 heteroatoms. The predicted molar refractivity (Wildman–Crippen MR) is 57.3 cm³/mol. The summed E-state index contributed by atoms with van der Waals surface area (Å²) in [6, 6.07) is 0. The number of carbonyl (C=O) groups is 1. The number of aromatic nitrogens is 1. The molecule has 0 aliphatic rings. The number of methoxy groups -OCH3 is 2. The zero-order chi connectivity index (χ0) is 13.8. The monoisotopic (exact) mass is 284 g/mol. The molecular formula is C9H11F3N2O3S. The van der Waals surface area contributed by atoms with Gasteiger partial charge < -0.3 is 14.8 Å². The van der Waals surface area contributed by atoms with Crippen LogP contribution < -0.4 is 5.32 Å². The molecule has 1 heterocycles. The fourth-order valence-electron chi connectivity index (χ4n) is 1.13. The van der Waals surface area contributed by atoms with E-state index in [1.165, 1.54) is 14.2 Å². The van der Waals surface area contributed by atoms with E-state index in [1.807, 2.05) is 0 Å². The first-order chi connectivity index (χ1) is 8.40.